The lowest BCUT2D eigenvalue weighted by Crippen LogP contribution is -2.38. The summed E-state index contributed by atoms with van der Waals surface area (Å²) in [7, 11) is 0. The molecule has 0 spiro atoms. The zero-order valence-electron chi connectivity index (χ0n) is 7.23. The Kier molecular flexibility index (Phi) is 3.60. The molecule has 1 aliphatic heterocycles. The first-order valence-corrected chi connectivity index (χ1v) is 4.37. The average Bonchev–Trinajstić information content (AvgIpc) is 2.03. The molecule has 1 unspecified atom stereocenters. The molecule has 0 aromatic rings. The Balaban J connectivity index is 2.24. The van der Waals surface area contributed by atoms with E-state index in [0.29, 0.717) is 0 Å². The Morgan fingerprint density at radius 2 is 2.55 bits per heavy atom. The van der Waals surface area contributed by atoms with Crippen molar-refractivity contribution >= 4 is 0 Å². The number of ether oxygens (including phenoxy) is 1. The Morgan fingerprint density at radius 1 is 1.73 bits per heavy atom. The third-order valence-electron chi connectivity index (χ3n) is 1.86. The largest absolute Gasteiger partial charge is 0.359 e. The summed E-state index contributed by atoms with van der Waals surface area (Å²) in [5, 5.41) is 3.28. The second kappa shape index (κ2) is 4.52. The summed E-state index contributed by atoms with van der Waals surface area (Å²) in [6, 6.07) is 0. The van der Waals surface area contributed by atoms with Crippen molar-refractivity contribution in [3.8, 4) is 0 Å². The zero-order valence-corrected chi connectivity index (χ0v) is 7.23. The third-order valence-corrected chi connectivity index (χ3v) is 1.86. The minimum Gasteiger partial charge on any atom is -0.359 e. The molecule has 0 radical (unpaired) electrons. The van der Waals surface area contributed by atoms with Gasteiger partial charge < -0.3 is 4.74 Å². The third kappa shape index (κ3) is 2.64. The number of rotatable bonds is 3. The van der Waals surface area contributed by atoms with Crippen LogP contribution in [0, 0.1) is 0 Å². The SMILES string of the molecule is C=C1CCCNC1OCCC. The van der Waals surface area contributed by atoms with Crippen molar-refractivity contribution in [2.24, 2.45) is 0 Å². The lowest BCUT2D eigenvalue weighted by molar-refractivity contribution is 0.0458. The number of piperidine rings is 1. The Morgan fingerprint density at radius 3 is 3.18 bits per heavy atom. The molecule has 0 bridgehead atoms. The maximum absolute atomic E-state index is 5.53. The lowest BCUT2D eigenvalue weighted by atomic mass is 10.1. The zero-order chi connectivity index (χ0) is 8.10. The molecule has 1 fully saturated rings. The molecule has 0 aromatic heterocycles. The number of nitrogens with one attached hydrogen (secondary N) is 1. The summed E-state index contributed by atoms with van der Waals surface area (Å²) in [6.07, 6.45) is 3.51. The van der Waals surface area contributed by atoms with E-state index in [2.05, 4.69) is 18.8 Å². The molecule has 0 aliphatic carbocycles. The smallest absolute Gasteiger partial charge is 0.129 e. The van der Waals surface area contributed by atoms with Crippen LogP contribution < -0.4 is 5.32 Å². The van der Waals surface area contributed by atoms with Crippen LogP contribution >= 0.6 is 0 Å². The normalized spacial score (nSPS) is 25.5. The Hall–Kier alpha value is -0.340. The van der Waals surface area contributed by atoms with Gasteiger partial charge in [0.15, 0.2) is 0 Å². The molecule has 64 valence electrons. The summed E-state index contributed by atoms with van der Waals surface area (Å²) in [5.41, 5.74) is 1.20. The molecular formula is C9H17NO. The molecule has 11 heavy (non-hydrogen) atoms. The fraction of sp³-hybridized carbons (Fsp3) is 0.778. The van der Waals surface area contributed by atoms with Crippen LogP contribution in [0.4, 0.5) is 0 Å². The van der Waals surface area contributed by atoms with Gasteiger partial charge in [-0.1, -0.05) is 13.5 Å². The molecule has 0 aromatic carbocycles. The predicted octanol–water partition coefficient (Wildman–Crippen LogP) is 1.68. The highest BCUT2D eigenvalue weighted by atomic mass is 16.5. The second-order valence-corrected chi connectivity index (χ2v) is 2.97. The van der Waals surface area contributed by atoms with E-state index in [-0.39, 0.29) is 6.23 Å². The fourth-order valence-corrected chi connectivity index (χ4v) is 1.24. The Bertz CT molecular complexity index is 134. The highest BCUT2D eigenvalue weighted by Gasteiger charge is 2.15. The first kappa shape index (κ1) is 8.75. The van der Waals surface area contributed by atoms with Gasteiger partial charge in [0.1, 0.15) is 6.23 Å². The van der Waals surface area contributed by atoms with Gasteiger partial charge in [0.05, 0.1) is 0 Å². The van der Waals surface area contributed by atoms with E-state index in [1.165, 1.54) is 12.0 Å². The maximum atomic E-state index is 5.53. The van der Waals surface area contributed by atoms with Gasteiger partial charge in [0, 0.05) is 6.61 Å². The highest BCUT2D eigenvalue weighted by Crippen LogP contribution is 2.13. The van der Waals surface area contributed by atoms with Gasteiger partial charge in [0.25, 0.3) is 0 Å². The van der Waals surface area contributed by atoms with Gasteiger partial charge >= 0.3 is 0 Å². The molecule has 2 nitrogen and oxygen atoms in total. The van der Waals surface area contributed by atoms with Crippen LogP contribution in [0.5, 0.6) is 0 Å². The second-order valence-electron chi connectivity index (χ2n) is 2.97. The van der Waals surface area contributed by atoms with Crippen molar-refractivity contribution in [3.05, 3.63) is 12.2 Å². The van der Waals surface area contributed by atoms with E-state index < -0.39 is 0 Å². The van der Waals surface area contributed by atoms with Crippen molar-refractivity contribution < 1.29 is 4.74 Å². The van der Waals surface area contributed by atoms with Crippen LogP contribution in [0.15, 0.2) is 12.2 Å². The van der Waals surface area contributed by atoms with E-state index in [0.717, 1.165) is 26.0 Å². The summed E-state index contributed by atoms with van der Waals surface area (Å²) in [5.74, 6) is 0. The first-order chi connectivity index (χ1) is 5.34. The van der Waals surface area contributed by atoms with Gasteiger partial charge in [0.2, 0.25) is 0 Å². The molecule has 1 aliphatic rings. The minimum absolute atomic E-state index is 0.128. The molecule has 2 heteroatoms. The molecule has 0 amide bonds. The van der Waals surface area contributed by atoms with E-state index in [9.17, 15) is 0 Å². The van der Waals surface area contributed by atoms with Crippen molar-refractivity contribution in [1.29, 1.82) is 0 Å². The van der Waals surface area contributed by atoms with Crippen LogP contribution in [0.25, 0.3) is 0 Å². The van der Waals surface area contributed by atoms with Crippen LogP contribution in [-0.4, -0.2) is 19.4 Å². The highest BCUT2D eigenvalue weighted by molar-refractivity contribution is 5.03. The van der Waals surface area contributed by atoms with E-state index in [1.54, 1.807) is 0 Å². The summed E-state index contributed by atoms with van der Waals surface area (Å²) < 4.78 is 5.53. The molecule has 1 heterocycles. The molecule has 1 saturated heterocycles. The fourth-order valence-electron chi connectivity index (χ4n) is 1.24. The molecule has 1 N–H and O–H groups in total. The van der Waals surface area contributed by atoms with E-state index in [1.807, 2.05) is 0 Å². The first-order valence-electron chi connectivity index (χ1n) is 4.37. The van der Waals surface area contributed by atoms with E-state index >= 15 is 0 Å². The number of hydrogen-bond acceptors (Lipinski definition) is 2. The average molecular weight is 155 g/mol. The van der Waals surface area contributed by atoms with E-state index in [4.69, 9.17) is 4.74 Å². The van der Waals surface area contributed by atoms with Crippen molar-refractivity contribution in [3.63, 3.8) is 0 Å². The standard InChI is InChI=1S/C9H17NO/c1-3-7-11-9-8(2)5-4-6-10-9/h9-10H,2-7H2,1H3. The van der Waals surface area contributed by atoms with Gasteiger partial charge in [-0.15, -0.1) is 0 Å². The summed E-state index contributed by atoms with van der Waals surface area (Å²) in [6.45, 7) is 7.97. The van der Waals surface area contributed by atoms with Crippen molar-refractivity contribution in [1.82, 2.24) is 5.32 Å². The lowest BCUT2D eigenvalue weighted by Gasteiger charge is -2.25. The Labute approximate surface area is 68.6 Å². The van der Waals surface area contributed by atoms with Crippen LogP contribution in [0.2, 0.25) is 0 Å². The van der Waals surface area contributed by atoms with Crippen LogP contribution in [0.1, 0.15) is 26.2 Å². The summed E-state index contributed by atoms with van der Waals surface area (Å²) in [4.78, 5) is 0. The monoisotopic (exact) mass is 155 g/mol. The molecular weight excluding hydrogens is 138 g/mol. The maximum Gasteiger partial charge on any atom is 0.129 e. The summed E-state index contributed by atoms with van der Waals surface area (Å²) >= 11 is 0. The van der Waals surface area contributed by atoms with Gasteiger partial charge in [-0.2, -0.15) is 0 Å². The van der Waals surface area contributed by atoms with Crippen LogP contribution in [-0.2, 0) is 4.74 Å². The predicted molar refractivity (Wildman–Crippen MR) is 46.4 cm³/mol. The van der Waals surface area contributed by atoms with Gasteiger partial charge in [-0.05, 0) is 31.4 Å². The van der Waals surface area contributed by atoms with Crippen molar-refractivity contribution in [2.75, 3.05) is 13.2 Å². The minimum atomic E-state index is 0.128. The van der Waals surface area contributed by atoms with Crippen molar-refractivity contribution in [2.45, 2.75) is 32.4 Å². The number of hydrogen-bond donors (Lipinski definition) is 1. The van der Waals surface area contributed by atoms with Gasteiger partial charge in [-0.25, -0.2) is 0 Å². The quantitative estimate of drug-likeness (QED) is 0.626. The molecule has 1 rings (SSSR count). The molecule has 0 saturated carbocycles. The molecule has 1 atom stereocenters. The van der Waals surface area contributed by atoms with Gasteiger partial charge in [-0.3, -0.25) is 5.32 Å². The topological polar surface area (TPSA) is 21.3 Å². The van der Waals surface area contributed by atoms with Crippen LogP contribution in [0.3, 0.4) is 0 Å².